The number of carbonyl (C=O) groups is 1. The van der Waals surface area contributed by atoms with E-state index in [2.05, 4.69) is 22.4 Å². The molecule has 2 saturated heterocycles. The van der Waals surface area contributed by atoms with Gasteiger partial charge in [-0.25, -0.2) is 4.79 Å². The summed E-state index contributed by atoms with van der Waals surface area (Å²) in [5.74, 6) is 0. The SMILES string of the molecule is O=C(N1CCOCC1)N1CCCC[C@@H]1CCc1cccs1. The molecule has 2 aliphatic heterocycles. The van der Waals surface area contributed by atoms with Gasteiger partial charge in [-0.1, -0.05) is 6.07 Å². The third-order valence-corrected chi connectivity index (χ3v) is 5.39. The standard InChI is InChI=1S/C16H24N2O2S/c19-16(17-9-11-20-12-10-17)18-8-2-1-4-14(18)6-7-15-5-3-13-21-15/h3,5,13-14H,1-2,4,6-12H2/t14-/m1/s1. The number of urea groups is 1. The number of ether oxygens (including phenoxy) is 1. The smallest absolute Gasteiger partial charge is 0.320 e. The fourth-order valence-electron chi connectivity index (χ4n) is 3.25. The molecule has 3 heterocycles. The van der Waals surface area contributed by atoms with Gasteiger partial charge in [0, 0.05) is 30.6 Å². The predicted octanol–water partition coefficient (Wildman–Crippen LogP) is 2.99. The lowest BCUT2D eigenvalue weighted by molar-refractivity contribution is 0.0350. The number of piperidine rings is 1. The number of hydrogen-bond donors (Lipinski definition) is 0. The van der Waals surface area contributed by atoms with E-state index in [-0.39, 0.29) is 6.03 Å². The zero-order chi connectivity index (χ0) is 14.5. The first-order valence-corrected chi connectivity index (χ1v) is 8.88. The van der Waals surface area contributed by atoms with Gasteiger partial charge in [0.25, 0.3) is 0 Å². The quantitative estimate of drug-likeness (QED) is 0.860. The second-order valence-corrected chi connectivity index (χ2v) is 6.88. The molecule has 2 fully saturated rings. The Morgan fingerprint density at radius 3 is 2.90 bits per heavy atom. The van der Waals surface area contributed by atoms with Crippen LogP contribution in [-0.2, 0) is 11.2 Å². The summed E-state index contributed by atoms with van der Waals surface area (Å²) in [4.78, 5) is 18.2. The third-order valence-electron chi connectivity index (χ3n) is 4.46. The number of amides is 2. The molecular formula is C16H24N2O2S. The molecular weight excluding hydrogens is 284 g/mol. The molecule has 116 valence electrons. The second-order valence-electron chi connectivity index (χ2n) is 5.84. The summed E-state index contributed by atoms with van der Waals surface area (Å²) >= 11 is 1.82. The van der Waals surface area contributed by atoms with E-state index < -0.39 is 0 Å². The van der Waals surface area contributed by atoms with Crippen LogP contribution in [0.1, 0.15) is 30.6 Å². The van der Waals surface area contributed by atoms with Gasteiger partial charge >= 0.3 is 6.03 Å². The highest BCUT2D eigenvalue weighted by Crippen LogP contribution is 2.24. The van der Waals surface area contributed by atoms with Gasteiger partial charge in [0.1, 0.15) is 0 Å². The monoisotopic (exact) mass is 308 g/mol. The number of morpholine rings is 1. The predicted molar refractivity (Wildman–Crippen MR) is 84.8 cm³/mol. The molecule has 21 heavy (non-hydrogen) atoms. The lowest BCUT2D eigenvalue weighted by Gasteiger charge is -2.40. The largest absolute Gasteiger partial charge is 0.378 e. The molecule has 0 unspecified atom stereocenters. The summed E-state index contributed by atoms with van der Waals surface area (Å²) in [5, 5.41) is 2.13. The summed E-state index contributed by atoms with van der Waals surface area (Å²) in [6, 6.07) is 4.95. The molecule has 0 aliphatic carbocycles. The maximum Gasteiger partial charge on any atom is 0.320 e. The Morgan fingerprint density at radius 2 is 2.14 bits per heavy atom. The van der Waals surface area contributed by atoms with E-state index >= 15 is 0 Å². The Balaban J connectivity index is 1.59. The van der Waals surface area contributed by atoms with Crippen LogP contribution in [-0.4, -0.2) is 54.7 Å². The first kappa shape index (κ1) is 14.9. The van der Waals surface area contributed by atoms with Crippen LogP contribution in [0.5, 0.6) is 0 Å². The molecule has 0 radical (unpaired) electrons. The van der Waals surface area contributed by atoms with E-state index in [1.165, 1.54) is 11.3 Å². The number of likely N-dealkylation sites (tertiary alicyclic amines) is 1. The molecule has 1 aromatic heterocycles. The Morgan fingerprint density at radius 1 is 1.29 bits per heavy atom. The van der Waals surface area contributed by atoms with Crippen LogP contribution in [0.2, 0.25) is 0 Å². The van der Waals surface area contributed by atoms with Crippen molar-refractivity contribution in [2.75, 3.05) is 32.8 Å². The average molecular weight is 308 g/mol. The number of rotatable bonds is 3. The van der Waals surface area contributed by atoms with Gasteiger partial charge in [-0.15, -0.1) is 11.3 Å². The number of nitrogens with zero attached hydrogens (tertiary/aromatic N) is 2. The van der Waals surface area contributed by atoms with Gasteiger partial charge in [-0.3, -0.25) is 0 Å². The highest BCUT2D eigenvalue weighted by molar-refractivity contribution is 7.09. The molecule has 2 aliphatic rings. The average Bonchev–Trinajstić information content (AvgIpc) is 3.07. The van der Waals surface area contributed by atoms with Crippen molar-refractivity contribution in [3.8, 4) is 0 Å². The lowest BCUT2D eigenvalue weighted by atomic mass is 9.98. The van der Waals surface area contributed by atoms with Crippen molar-refractivity contribution in [2.24, 2.45) is 0 Å². The van der Waals surface area contributed by atoms with Crippen molar-refractivity contribution < 1.29 is 9.53 Å². The summed E-state index contributed by atoms with van der Waals surface area (Å²) in [5.41, 5.74) is 0. The molecule has 0 spiro atoms. The Bertz CT molecular complexity index is 443. The fourth-order valence-corrected chi connectivity index (χ4v) is 3.98. The normalized spacial score (nSPS) is 23.3. The molecule has 1 aromatic rings. The summed E-state index contributed by atoms with van der Waals surface area (Å²) in [6.07, 6.45) is 5.74. The molecule has 4 nitrogen and oxygen atoms in total. The van der Waals surface area contributed by atoms with Crippen LogP contribution in [0.15, 0.2) is 17.5 Å². The van der Waals surface area contributed by atoms with E-state index in [0.717, 1.165) is 45.3 Å². The van der Waals surface area contributed by atoms with Gasteiger partial charge in [0.15, 0.2) is 0 Å². The Hall–Kier alpha value is -1.07. The molecule has 3 rings (SSSR count). The van der Waals surface area contributed by atoms with Crippen LogP contribution in [0.4, 0.5) is 4.79 Å². The van der Waals surface area contributed by atoms with E-state index in [1.807, 2.05) is 16.2 Å². The Kier molecular flexibility index (Phi) is 5.14. The van der Waals surface area contributed by atoms with E-state index in [0.29, 0.717) is 19.3 Å². The summed E-state index contributed by atoms with van der Waals surface area (Å²) in [7, 11) is 0. The molecule has 0 aromatic carbocycles. The van der Waals surface area contributed by atoms with Gasteiger partial charge in [0.2, 0.25) is 0 Å². The van der Waals surface area contributed by atoms with Crippen LogP contribution in [0.3, 0.4) is 0 Å². The lowest BCUT2D eigenvalue weighted by Crippen LogP contribution is -2.53. The topological polar surface area (TPSA) is 32.8 Å². The van der Waals surface area contributed by atoms with Crippen molar-refractivity contribution in [2.45, 2.75) is 38.1 Å². The molecule has 1 atom stereocenters. The van der Waals surface area contributed by atoms with E-state index in [9.17, 15) is 4.79 Å². The zero-order valence-electron chi connectivity index (χ0n) is 12.5. The second kappa shape index (κ2) is 7.27. The van der Waals surface area contributed by atoms with Crippen LogP contribution >= 0.6 is 11.3 Å². The minimum atomic E-state index is 0.231. The molecule has 2 amide bonds. The summed E-state index contributed by atoms with van der Waals surface area (Å²) < 4.78 is 5.35. The maximum absolute atomic E-state index is 12.7. The molecule has 0 saturated carbocycles. The van der Waals surface area contributed by atoms with Gasteiger partial charge in [0.05, 0.1) is 13.2 Å². The zero-order valence-corrected chi connectivity index (χ0v) is 13.3. The number of carbonyl (C=O) groups excluding carboxylic acids is 1. The number of aryl methyl sites for hydroxylation is 1. The van der Waals surface area contributed by atoms with Gasteiger partial charge < -0.3 is 14.5 Å². The fraction of sp³-hybridized carbons (Fsp3) is 0.688. The van der Waals surface area contributed by atoms with Crippen molar-refractivity contribution in [1.82, 2.24) is 9.80 Å². The van der Waals surface area contributed by atoms with Gasteiger partial charge in [-0.2, -0.15) is 0 Å². The molecule has 5 heteroatoms. The Labute approximate surface area is 130 Å². The van der Waals surface area contributed by atoms with Crippen molar-refractivity contribution in [1.29, 1.82) is 0 Å². The van der Waals surface area contributed by atoms with Crippen molar-refractivity contribution >= 4 is 17.4 Å². The molecule has 0 bridgehead atoms. The number of hydrogen-bond acceptors (Lipinski definition) is 3. The maximum atomic E-state index is 12.7. The van der Waals surface area contributed by atoms with E-state index in [1.54, 1.807) is 0 Å². The highest BCUT2D eigenvalue weighted by atomic mass is 32.1. The van der Waals surface area contributed by atoms with E-state index in [4.69, 9.17) is 4.74 Å². The van der Waals surface area contributed by atoms with Crippen LogP contribution < -0.4 is 0 Å². The minimum Gasteiger partial charge on any atom is -0.378 e. The van der Waals surface area contributed by atoms with Crippen molar-refractivity contribution in [3.05, 3.63) is 22.4 Å². The first-order chi connectivity index (χ1) is 10.3. The van der Waals surface area contributed by atoms with Crippen molar-refractivity contribution in [3.63, 3.8) is 0 Å². The van der Waals surface area contributed by atoms with Gasteiger partial charge in [-0.05, 0) is 43.6 Å². The molecule has 0 N–H and O–H groups in total. The van der Waals surface area contributed by atoms with Crippen LogP contribution in [0, 0.1) is 0 Å². The third kappa shape index (κ3) is 3.77. The first-order valence-electron chi connectivity index (χ1n) is 8.00. The summed E-state index contributed by atoms with van der Waals surface area (Å²) in [6.45, 7) is 3.77. The number of thiophene rings is 1. The minimum absolute atomic E-state index is 0.231. The van der Waals surface area contributed by atoms with Crippen LogP contribution in [0.25, 0.3) is 0 Å². The highest BCUT2D eigenvalue weighted by Gasteiger charge is 2.30.